The first-order valence-corrected chi connectivity index (χ1v) is 6.70. The van der Waals surface area contributed by atoms with E-state index < -0.39 is 0 Å². The first-order chi connectivity index (χ1) is 8.66. The fourth-order valence-corrected chi connectivity index (χ4v) is 2.44. The minimum atomic E-state index is 0.276. The molecule has 98 valence electrons. The fourth-order valence-electron chi connectivity index (χ4n) is 2.44. The predicted octanol–water partition coefficient (Wildman–Crippen LogP) is 2.23. The maximum atomic E-state index is 12.1. The van der Waals surface area contributed by atoms with Gasteiger partial charge in [0.25, 0.3) is 0 Å². The van der Waals surface area contributed by atoms with E-state index in [-0.39, 0.29) is 5.91 Å². The largest absolute Gasteiger partial charge is 0.342 e. The van der Waals surface area contributed by atoms with Crippen molar-refractivity contribution in [2.24, 2.45) is 5.92 Å². The fraction of sp³-hybridized carbons (Fsp3) is 0.643. The van der Waals surface area contributed by atoms with Crippen molar-refractivity contribution in [1.82, 2.24) is 14.9 Å². The third kappa shape index (κ3) is 3.28. The standard InChI is InChI=1S/C14H21N3O/c1-11(2)8-14(18)17-7-3-4-12(10-17)13-9-15-5-6-16-13/h5-6,9,11-12H,3-4,7-8,10H2,1-2H3/t12-/m0/s1. The van der Waals surface area contributed by atoms with Gasteiger partial charge in [-0.25, -0.2) is 0 Å². The molecule has 2 heterocycles. The smallest absolute Gasteiger partial charge is 0.222 e. The Morgan fingerprint density at radius 3 is 3.00 bits per heavy atom. The lowest BCUT2D eigenvalue weighted by atomic mass is 9.94. The van der Waals surface area contributed by atoms with E-state index in [4.69, 9.17) is 0 Å². The number of amides is 1. The highest BCUT2D eigenvalue weighted by Crippen LogP contribution is 2.25. The van der Waals surface area contributed by atoms with E-state index in [0.29, 0.717) is 18.3 Å². The summed E-state index contributed by atoms with van der Waals surface area (Å²) in [6.45, 7) is 5.86. The van der Waals surface area contributed by atoms with Gasteiger partial charge in [0.15, 0.2) is 0 Å². The number of carbonyl (C=O) groups excluding carboxylic acids is 1. The molecule has 1 aliphatic rings. The van der Waals surface area contributed by atoms with Crippen LogP contribution in [-0.2, 0) is 4.79 Å². The van der Waals surface area contributed by atoms with E-state index in [1.54, 1.807) is 12.4 Å². The third-order valence-corrected chi connectivity index (χ3v) is 3.36. The predicted molar refractivity (Wildman–Crippen MR) is 70.0 cm³/mol. The number of likely N-dealkylation sites (tertiary alicyclic amines) is 1. The second-order valence-corrected chi connectivity index (χ2v) is 5.41. The lowest BCUT2D eigenvalue weighted by Crippen LogP contribution is -2.39. The molecule has 0 bridgehead atoms. The molecule has 1 atom stereocenters. The van der Waals surface area contributed by atoms with Gasteiger partial charge >= 0.3 is 0 Å². The molecule has 0 radical (unpaired) electrons. The Hall–Kier alpha value is -1.45. The van der Waals surface area contributed by atoms with Gasteiger partial charge < -0.3 is 4.90 Å². The summed E-state index contributed by atoms with van der Waals surface area (Å²) in [4.78, 5) is 22.5. The van der Waals surface area contributed by atoms with Gasteiger partial charge in [-0.15, -0.1) is 0 Å². The summed E-state index contributed by atoms with van der Waals surface area (Å²) in [6.07, 6.45) is 8.04. The zero-order chi connectivity index (χ0) is 13.0. The summed E-state index contributed by atoms with van der Waals surface area (Å²) in [5.41, 5.74) is 1.01. The molecule has 1 saturated heterocycles. The van der Waals surface area contributed by atoms with E-state index in [1.165, 1.54) is 0 Å². The molecule has 1 amide bonds. The minimum Gasteiger partial charge on any atom is -0.342 e. The van der Waals surface area contributed by atoms with Gasteiger partial charge in [-0.3, -0.25) is 14.8 Å². The van der Waals surface area contributed by atoms with Gasteiger partial charge in [0.05, 0.1) is 5.69 Å². The Morgan fingerprint density at radius 2 is 2.33 bits per heavy atom. The van der Waals surface area contributed by atoms with E-state index in [0.717, 1.165) is 31.6 Å². The first-order valence-electron chi connectivity index (χ1n) is 6.70. The Morgan fingerprint density at radius 1 is 1.50 bits per heavy atom. The quantitative estimate of drug-likeness (QED) is 0.822. The third-order valence-electron chi connectivity index (χ3n) is 3.36. The summed E-state index contributed by atoms with van der Waals surface area (Å²) >= 11 is 0. The molecule has 1 aromatic rings. The van der Waals surface area contributed by atoms with Crippen LogP contribution in [-0.4, -0.2) is 33.9 Å². The number of piperidine rings is 1. The number of nitrogens with zero attached hydrogens (tertiary/aromatic N) is 3. The second-order valence-electron chi connectivity index (χ2n) is 5.41. The zero-order valence-corrected chi connectivity index (χ0v) is 11.2. The van der Waals surface area contributed by atoms with Crippen LogP contribution in [0.15, 0.2) is 18.6 Å². The van der Waals surface area contributed by atoms with Crippen LogP contribution in [0.1, 0.15) is 44.7 Å². The maximum Gasteiger partial charge on any atom is 0.222 e. The summed E-state index contributed by atoms with van der Waals surface area (Å²) in [6, 6.07) is 0. The lowest BCUT2D eigenvalue weighted by Gasteiger charge is -2.32. The average molecular weight is 247 g/mol. The Balaban J connectivity index is 1.98. The van der Waals surface area contributed by atoms with Gasteiger partial charge in [0.1, 0.15) is 0 Å². The van der Waals surface area contributed by atoms with Crippen LogP contribution < -0.4 is 0 Å². The maximum absolute atomic E-state index is 12.1. The molecule has 0 unspecified atom stereocenters. The summed E-state index contributed by atoms with van der Waals surface area (Å²) in [5, 5.41) is 0. The van der Waals surface area contributed by atoms with Crippen LogP contribution in [0.5, 0.6) is 0 Å². The van der Waals surface area contributed by atoms with Crippen molar-refractivity contribution in [3.05, 3.63) is 24.3 Å². The molecule has 1 aromatic heterocycles. The van der Waals surface area contributed by atoms with E-state index >= 15 is 0 Å². The highest BCUT2D eigenvalue weighted by molar-refractivity contribution is 5.76. The van der Waals surface area contributed by atoms with Crippen LogP contribution in [0.3, 0.4) is 0 Å². The second kappa shape index (κ2) is 5.94. The lowest BCUT2D eigenvalue weighted by molar-refractivity contribution is -0.133. The topological polar surface area (TPSA) is 46.1 Å². The van der Waals surface area contributed by atoms with Crippen molar-refractivity contribution in [2.75, 3.05) is 13.1 Å². The first kappa shape index (κ1) is 13.0. The van der Waals surface area contributed by atoms with Crippen molar-refractivity contribution < 1.29 is 4.79 Å². The number of rotatable bonds is 3. The average Bonchev–Trinajstić information content (AvgIpc) is 2.39. The van der Waals surface area contributed by atoms with Crippen molar-refractivity contribution in [3.8, 4) is 0 Å². The van der Waals surface area contributed by atoms with Gasteiger partial charge in [0, 0.05) is 44.0 Å². The molecule has 0 N–H and O–H groups in total. The highest BCUT2D eigenvalue weighted by atomic mass is 16.2. The minimum absolute atomic E-state index is 0.276. The number of hydrogen-bond donors (Lipinski definition) is 0. The summed E-state index contributed by atoms with van der Waals surface area (Å²) < 4.78 is 0. The number of aromatic nitrogens is 2. The summed E-state index contributed by atoms with van der Waals surface area (Å²) in [7, 11) is 0. The molecular weight excluding hydrogens is 226 g/mol. The number of hydrogen-bond acceptors (Lipinski definition) is 3. The molecule has 4 nitrogen and oxygen atoms in total. The molecule has 0 aliphatic carbocycles. The van der Waals surface area contributed by atoms with Crippen LogP contribution >= 0.6 is 0 Å². The molecule has 2 rings (SSSR count). The van der Waals surface area contributed by atoms with Crippen molar-refractivity contribution in [2.45, 2.75) is 39.0 Å². The van der Waals surface area contributed by atoms with Gasteiger partial charge in [-0.2, -0.15) is 0 Å². The van der Waals surface area contributed by atoms with Crippen molar-refractivity contribution in [3.63, 3.8) is 0 Å². The van der Waals surface area contributed by atoms with E-state index in [9.17, 15) is 4.79 Å². The summed E-state index contributed by atoms with van der Waals surface area (Å²) in [5.74, 6) is 1.05. The Bertz CT molecular complexity index is 391. The van der Waals surface area contributed by atoms with Gasteiger partial charge in [0.2, 0.25) is 5.91 Å². The van der Waals surface area contributed by atoms with Crippen molar-refractivity contribution in [1.29, 1.82) is 0 Å². The van der Waals surface area contributed by atoms with Crippen LogP contribution in [0.2, 0.25) is 0 Å². The monoisotopic (exact) mass is 247 g/mol. The molecule has 0 spiro atoms. The Labute approximate surface area is 108 Å². The molecule has 0 aromatic carbocycles. The van der Waals surface area contributed by atoms with Crippen LogP contribution in [0.25, 0.3) is 0 Å². The van der Waals surface area contributed by atoms with Gasteiger partial charge in [-0.1, -0.05) is 13.8 Å². The normalized spacial score (nSPS) is 20.2. The zero-order valence-electron chi connectivity index (χ0n) is 11.2. The van der Waals surface area contributed by atoms with Crippen molar-refractivity contribution >= 4 is 5.91 Å². The molecule has 18 heavy (non-hydrogen) atoms. The molecular formula is C14H21N3O. The Kier molecular flexibility index (Phi) is 4.28. The molecule has 1 fully saturated rings. The molecule has 1 aliphatic heterocycles. The molecule has 4 heteroatoms. The van der Waals surface area contributed by atoms with Crippen LogP contribution in [0.4, 0.5) is 0 Å². The molecule has 0 saturated carbocycles. The van der Waals surface area contributed by atoms with E-state index in [2.05, 4.69) is 23.8 Å². The SMILES string of the molecule is CC(C)CC(=O)N1CCC[C@H](c2cnccn2)C1. The van der Waals surface area contributed by atoms with Gasteiger partial charge in [-0.05, 0) is 18.8 Å². The number of carbonyl (C=O) groups is 1. The van der Waals surface area contributed by atoms with E-state index in [1.807, 2.05) is 11.1 Å². The van der Waals surface area contributed by atoms with Crippen LogP contribution in [0, 0.1) is 5.92 Å². The highest BCUT2D eigenvalue weighted by Gasteiger charge is 2.25.